The van der Waals surface area contributed by atoms with Gasteiger partial charge in [0.2, 0.25) is 0 Å². The first-order valence-corrected chi connectivity index (χ1v) is 8.13. The Balaban J connectivity index is 1.49. The minimum absolute atomic E-state index is 0.261. The molecule has 0 atom stereocenters. The number of nitrogens with one attached hydrogen (secondary N) is 2. The molecule has 0 spiro atoms. The molecule has 122 valence electrons. The normalized spacial score (nSPS) is 13.4. The minimum Gasteiger partial charge on any atom is -0.372 e. The molecule has 1 saturated heterocycles. The van der Waals surface area contributed by atoms with Crippen molar-refractivity contribution in [3.8, 4) is 6.07 Å². The zero-order chi connectivity index (χ0) is 16.8. The van der Waals surface area contributed by atoms with E-state index >= 15 is 0 Å². The summed E-state index contributed by atoms with van der Waals surface area (Å²) in [5, 5.41) is 14.3. The molecule has 5 heteroatoms. The Kier molecular flexibility index (Phi) is 4.97. The van der Waals surface area contributed by atoms with Crippen LogP contribution in [0.15, 0.2) is 48.5 Å². The van der Waals surface area contributed by atoms with Crippen molar-refractivity contribution in [1.82, 2.24) is 5.32 Å². The highest BCUT2D eigenvalue weighted by atomic mass is 16.2. The van der Waals surface area contributed by atoms with Crippen molar-refractivity contribution in [2.45, 2.75) is 19.4 Å². The van der Waals surface area contributed by atoms with E-state index in [4.69, 9.17) is 5.26 Å². The number of benzene rings is 2. The van der Waals surface area contributed by atoms with Gasteiger partial charge in [-0.2, -0.15) is 5.26 Å². The second-order valence-corrected chi connectivity index (χ2v) is 5.86. The summed E-state index contributed by atoms with van der Waals surface area (Å²) in [6.07, 6.45) is 2.53. The SMILES string of the molecule is N#Cc1ccc(NC(=O)NCc2ccc(N3CCCC3)cc2)cc1. The van der Waals surface area contributed by atoms with Gasteiger partial charge in [0.15, 0.2) is 0 Å². The van der Waals surface area contributed by atoms with Crippen molar-refractivity contribution in [3.63, 3.8) is 0 Å². The summed E-state index contributed by atoms with van der Waals surface area (Å²) >= 11 is 0. The summed E-state index contributed by atoms with van der Waals surface area (Å²) in [4.78, 5) is 14.3. The highest BCUT2D eigenvalue weighted by Gasteiger charge is 2.11. The molecule has 1 fully saturated rings. The monoisotopic (exact) mass is 320 g/mol. The number of nitriles is 1. The van der Waals surface area contributed by atoms with Gasteiger partial charge in [0.25, 0.3) is 0 Å². The third-order valence-corrected chi connectivity index (χ3v) is 4.13. The summed E-state index contributed by atoms with van der Waals surface area (Å²) in [5.74, 6) is 0. The number of hydrogen-bond acceptors (Lipinski definition) is 3. The van der Waals surface area contributed by atoms with Crippen LogP contribution in [0.1, 0.15) is 24.0 Å². The van der Waals surface area contributed by atoms with Crippen LogP contribution in [-0.2, 0) is 6.54 Å². The fraction of sp³-hybridized carbons (Fsp3) is 0.263. The molecule has 0 aliphatic carbocycles. The second-order valence-electron chi connectivity index (χ2n) is 5.86. The maximum Gasteiger partial charge on any atom is 0.319 e. The van der Waals surface area contributed by atoms with Gasteiger partial charge in [-0.3, -0.25) is 0 Å². The third kappa shape index (κ3) is 4.05. The van der Waals surface area contributed by atoms with Crippen LogP contribution >= 0.6 is 0 Å². The standard InChI is InChI=1S/C19H20N4O/c20-13-15-3-7-17(8-4-15)22-19(24)21-14-16-5-9-18(10-6-16)23-11-1-2-12-23/h3-10H,1-2,11-12,14H2,(H2,21,22,24). The molecule has 1 aliphatic rings. The first-order valence-electron chi connectivity index (χ1n) is 8.13. The molecule has 0 radical (unpaired) electrons. The molecule has 1 aliphatic heterocycles. The number of anilines is 2. The van der Waals surface area contributed by atoms with Crippen molar-refractivity contribution in [3.05, 3.63) is 59.7 Å². The van der Waals surface area contributed by atoms with E-state index < -0.39 is 0 Å². The van der Waals surface area contributed by atoms with E-state index in [0.29, 0.717) is 17.8 Å². The Morgan fingerprint density at radius 1 is 1.04 bits per heavy atom. The quantitative estimate of drug-likeness (QED) is 0.906. The fourth-order valence-electron chi connectivity index (χ4n) is 2.79. The molecular formula is C19H20N4O. The van der Waals surface area contributed by atoms with Gasteiger partial charge in [0.05, 0.1) is 11.6 Å². The molecule has 0 bridgehead atoms. The van der Waals surface area contributed by atoms with Crippen LogP contribution in [0.4, 0.5) is 16.2 Å². The van der Waals surface area contributed by atoms with Gasteiger partial charge in [-0.25, -0.2) is 4.79 Å². The maximum absolute atomic E-state index is 11.9. The highest BCUT2D eigenvalue weighted by molar-refractivity contribution is 5.89. The van der Waals surface area contributed by atoms with E-state index in [1.54, 1.807) is 24.3 Å². The number of rotatable bonds is 4. The van der Waals surface area contributed by atoms with Crippen molar-refractivity contribution < 1.29 is 4.79 Å². The van der Waals surface area contributed by atoms with Gasteiger partial charge in [-0.1, -0.05) is 12.1 Å². The van der Waals surface area contributed by atoms with Gasteiger partial charge in [0.1, 0.15) is 0 Å². The molecule has 2 aromatic carbocycles. The van der Waals surface area contributed by atoms with Crippen LogP contribution in [-0.4, -0.2) is 19.1 Å². The Labute approximate surface area is 141 Å². The number of hydrogen-bond donors (Lipinski definition) is 2. The van der Waals surface area contributed by atoms with Crippen LogP contribution in [0, 0.1) is 11.3 Å². The van der Waals surface area contributed by atoms with Crippen LogP contribution in [0.3, 0.4) is 0 Å². The zero-order valence-electron chi connectivity index (χ0n) is 13.5. The lowest BCUT2D eigenvalue weighted by molar-refractivity contribution is 0.251. The predicted molar refractivity (Wildman–Crippen MR) is 94.9 cm³/mol. The molecule has 2 aromatic rings. The zero-order valence-corrected chi connectivity index (χ0v) is 13.5. The van der Waals surface area contributed by atoms with Gasteiger partial charge in [-0.05, 0) is 54.8 Å². The highest BCUT2D eigenvalue weighted by Crippen LogP contribution is 2.20. The molecule has 24 heavy (non-hydrogen) atoms. The van der Waals surface area contributed by atoms with E-state index in [9.17, 15) is 4.79 Å². The lowest BCUT2D eigenvalue weighted by Crippen LogP contribution is -2.28. The van der Waals surface area contributed by atoms with E-state index in [-0.39, 0.29) is 6.03 Å². The van der Waals surface area contributed by atoms with Gasteiger partial charge in [0, 0.05) is 31.0 Å². The van der Waals surface area contributed by atoms with Gasteiger partial charge in [-0.15, -0.1) is 0 Å². The Bertz CT molecular complexity index is 725. The van der Waals surface area contributed by atoms with Gasteiger partial charge < -0.3 is 15.5 Å². The lowest BCUT2D eigenvalue weighted by atomic mass is 10.2. The molecule has 1 heterocycles. The maximum atomic E-state index is 11.9. The fourth-order valence-corrected chi connectivity index (χ4v) is 2.79. The first kappa shape index (κ1) is 15.9. The lowest BCUT2D eigenvalue weighted by Gasteiger charge is -2.17. The number of carbonyl (C=O) groups is 1. The smallest absolute Gasteiger partial charge is 0.319 e. The van der Waals surface area contributed by atoms with Crippen LogP contribution in [0.25, 0.3) is 0 Å². The summed E-state index contributed by atoms with van der Waals surface area (Å²) < 4.78 is 0. The molecule has 0 saturated carbocycles. The Morgan fingerprint density at radius 3 is 2.33 bits per heavy atom. The summed E-state index contributed by atoms with van der Waals surface area (Å²) in [6.45, 7) is 2.73. The van der Waals surface area contributed by atoms with Crippen LogP contribution < -0.4 is 15.5 Å². The van der Waals surface area contributed by atoms with Crippen molar-refractivity contribution >= 4 is 17.4 Å². The average molecular weight is 320 g/mol. The minimum atomic E-state index is -0.261. The third-order valence-electron chi connectivity index (χ3n) is 4.13. The largest absolute Gasteiger partial charge is 0.372 e. The molecule has 3 rings (SSSR count). The van der Waals surface area contributed by atoms with E-state index in [0.717, 1.165) is 18.7 Å². The number of urea groups is 1. The Morgan fingerprint density at radius 2 is 1.71 bits per heavy atom. The molecule has 0 aromatic heterocycles. The predicted octanol–water partition coefficient (Wildman–Crippen LogP) is 3.48. The molecule has 5 nitrogen and oxygen atoms in total. The number of amides is 2. The summed E-state index contributed by atoms with van der Waals surface area (Å²) in [7, 11) is 0. The molecular weight excluding hydrogens is 300 g/mol. The summed E-state index contributed by atoms with van der Waals surface area (Å²) in [5.41, 5.74) is 3.54. The summed E-state index contributed by atoms with van der Waals surface area (Å²) in [6, 6.07) is 16.9. The first-order chi connectivity index (χ1) is 11.7. The van der Waals surface area contributed by atoms with Crippen LogP contribution in [0.2, 0.25) is 0 Å². The van der Waals surface area contributed by atoms with Crippen molar-refractivity contribution in [1.29, 1.82) is 5.26 Å². The molecule has 2 amide bonds. The van der Waals surface area contributed by atoms with E-state index in [1.807, 2.05) is 6.07 Å². The average Bonchev–Trinajstić information content (AvgIpc) is 3.16. The van der Waals surface area contributed by atoms with Crippen LogP contribution in [0.5, 0.6) is 0 Å². The number of nitrogens with zero attached hydrogens (tertiary/aromatic N) is 2. The Hall–Kier alpha value is -3.00. The van der Waals surface area contributed by atoms with Crippen molar-refractivity contribution in [2.24, 2.45) is 0 Å². The van der Waals surface area contributed by atoms with Crippen molar-refractivity contribution in [2.75, 3.05) is 23.3 Å². The topological polar surface area (TPSA) is 68.2 Å². The van der Waals surface area contributed by atoms with Gasteiger partial charge >= 0.3 is 6.03 Å². The number of carbonyl (C=O) groups excluding carboxylic acids is 1. The van der Waals surface area contributed by atoms with E-state index in [2.05, 4.69) is 39.8 Å². The molecule has 2 N–H and O–H groups in total. The van der Waals surface area contributed by atoms with E-state index in [1.165, 1.54) is 18.5 Å². The molecule has 0 unspecified atom stereocenters. The second kappa shape index (κ2) is 7.51.